The Balaban J connectivity index is 0.00000121. The molecular formula is C8H15BrClNO. The molecule has 0 radical (unpaired) electrons. The molecule has 0 bridgehead atoms. The van der Waals surface area contributed by atoms with E-state index in [1.807, 2.05) is 4.90 Å². The number of likely N-dealkylation sites (tertiary alicyclic amines) is 1. The third kappa shape index (κ3) is 3.76. The van der Waals surface area contributed by atoms with Gasteiger partial charge in [0.05, 0.1) is 5.33 Å². The number of carbonyl (C=O) groups is 1. The summed E-state index contributed by atoms with van der Waals surface area (Å²) in [6.07, 6.45) is 4.93. The highest BCUT2D eigenvalue weighted by Gasteiger charge is 2.13. The van der Waals surface area contributed by atoms with Crippen molar-refractivity contribution in [2.75, 3.05) is 18.4 Å². The monoisotopic (exact) mass is 255 g/mol. The quantitative estimate of drug-likeness (QED) is 0.659. The van der Waals surface area contributed by atoms with Crippen LogP contribution in [0, 0.1) is 0 Å². The molecule has 1 aliphatic rings. The fraction of sp³-hybridized carbons (Fsp3) is 0.875. The Morgan fingerprint density at radius 2 is 1.67 bits per heavy atom. The topological polar surface area (TPSA) is 20.3 Å². The Kier molecular flexibility index (Phi) is 6.86. The summed E-state index contributed by atoms with van der Waals surface area (Å²) in [6, 6.07) is 0. The Morgan fingerprint density at radius 3 is 2.08 bits per heavy atom. The molecule has 1 rings (SSSR count). The van der Waals surface area contributed by atoms with Crippen LogP contribution >= 0.6 is 28.3 Å². The largest absolute Gasteiger partial charge is 0.342 e. The maximum atomic E-state index is 11.2. The third-order valence-corrected chi connectivity index (χ3v) is 2.55. The van der Waals surface area contributed by atoms with E-state index in [9.17, 15) is 4.79 Å². The van der Waals surface area contributed by atoms with Gasteiger partial charge in [0, 0.05) is 13.1 Å². The molecule has 72 valence electrons. The number of hydrogen-bond acceptors (Lipinski definition) is 1. The molecular weight excluding hydrogens is 241 g/mol. The van der Waals surface area contributed by atoms with E-state index in [0.29, 0.717) is 5.33 Å². The molecule has 1 saturated heterocycles. The van der Waals surface area contributed by atoms with Gasteiger partial charge < -0.3 is 4.90 Å². The maximum absolute atomic E-state index is 11.2. The Hall–Kier alpha value is 0.240. The van der Waals surface area contributed by atoms with Crippen molar-refractivity contribution in [2.45, 2.75) is 25.7 Å². The minimum Gasteiger partial charge on any atom is -0.342 e. The van der Waals surface area contributed by atoms with Crippen molar-refractivity contribution in [3.05, 3.63) is 0 Å². The lowest BCUT2D eigenvalue weighted by atomic mass is 10.2. The molecule has 1 fully saturated rings. The van der Waals surface area contributed by atoms with Gasteiger partial charge in [-0.25, -0.2) is 0 Å². The van der Waals surface area contributed by atoms with Crippen LogP contribution < -0.4 is 0 Å². The Morgan fingerprint density at radius 1 is 1.17 bits per heavy atom. The summed E-state index contributed by atoms with van der Waals surface area (Å²) in [6.45, 7) is 1.93. The molecule has 0 unspecified atom stereocenters. The van der Waals surface area contributed by atoms with Crippen LogP contribution in [0.15, 0.2) is 0 Å². The first-order valence-electron chi connectivity index (χ1n) is 4.18. The highest BCUT2D eigenvalue weighted by atomic mass is 79.9. The zero-order valence-electron chi connectivity index (χ0n) is 7.09. The second-order valence-electron chi connectivity index (χ2n) is 2.93. The van der Waals surface area contributed by atoms with Crippen LogP contribution in [-0.2, 0) is 4.79 Å². The van der Waals surface area contributed by atoms with Gasteiger partial charge in [-0.15, -0.1) is 12.4 Å². The average molecular weight is 257 g/mol. The van der Waals surface area contributed by atoms with Crippen LogP contribution in [0.5, 0.6) is 0 Å². The summed E-state index contributed by atoms with van der Waals surface area (Å²) in [4.78, 5) is 13.2. The predicted molar refractivity (Wildman–Crippen MR) is 56.1 cm³/mol. The number of amides is 1. The fourth-order valence-corrected chi connectivity index (χ4v) is 1.76. The molecule has 0 N–H and O–H groups in total. The number of hydrogen-bond donors (Lipinski definition) is 0. The molecule has 12 heavy (non-hydrogen) atoms. The fourth-order valence-electron chi connectivity index (χ4n) is 1.40. The SMILES string of the molecule is Cl.O=C(CBr)N1CCCCCC1. The van der Waals surface area contributed by atoms with E-state index in [1.54, 1.807) is 0 Å². The standard InChI is InChI=1S/C8H14BrNO.ClH/c9-7-8(11)10-5-3-1-2-4-6-10;/h1-7H2;1H. The van der Waals surface area contributed by atoms with E-state index < -0.39 is 0 Å². The smallest absolute Gasteiger partial charge is 0.233 e. The van der Waals surface area contributed by atoms with Gasteiger partial charge in [-0.3, -0.25) is 4.79 Å². The van der Waals surface area contributed by atoms with Gasteiger partial charge in [0.1, 0.15) is 0 Å². The van der Waals surface area contributed by atoms with Gasteiger partial charge in [-0.1, -0.05) is 28.8 Å². The van der Waals surface area contributed by atoms with E-state index >= 15 is 0 Å². The highest BCUT2D eigenvalue weighted by Crippen LogP contribution is 2.09. The zero-order valence-corrected chi connectivity index (χ0v) is 9.49. The van der Waals surface area contributed by atoms with Gasteiger partial charge in [0.2, 0.25) is 5.91 Å². The number of alkyl halides is 1. The minimum absolute atomic E-state index is 0. The normalized spacial score (nSPS) is 17.9. The van der Waals surface area contributed by atoms with Gasteiger partial charge in [0.15, 0.2) is 0 Å². The van der Waals surface area contributed by atoms with Crippen LogP contribution in [0.1, 0.15) is 25.7 Å². The second-order valence-corrected chi connectivity index (χ2v) is 3.49. The molecule has 1 amide bonds. The van der Waals surface area contributed by atoms with Gasteiger partial charge in [-0.05, 0) is 12.8 Å². The average Bonchev–Trinajstić information content (AvgIpc) is 2.30. The summed E-state index contributed by atoms with van der Waals surface area (Å²) in [5.74, 6) is 0.243. The molecule has 1 aliphatic heterocycles. The summed E-state index contributed by atoms with van der Waals surface area (Å²) in [5.41, 5.74) is 0. The summed E-state index contributed by atoms with van der Waals surface area (Å²) in [7, 11) is 0. The van der Waals surface area contributed by atoms with Crippen LogP contribution in [0.3, 0.4) is 0 Å². The van der Waals surface area contributed by atoms with Crippen molar-refractivity contribution >= 4 is 34.2 Å². The lowest BCUT2D eigenvalue weighted by Gasteiger charge is -2.18. The van der Waals surface area contributed by atoms with E-state index in [2.05, 4.69) is 15.9 Å². The van der Waals surface area contributed by atoms with Crippen molar-refractivity contribution in [3.8, 4) is 0 Å². The van der Waals surface area contributed by atoms with Crippen LogP contribution in [-0.4, -0.2) is 29.2 Å². The first-order valence-corrected chi connectivity index (χ1v) is 5.30. The second kappa shape index (κ2) is 6.72. The first kappa shape index (κ1) is 12.2. The number of halogens is 2. The molecule has 0 aliphatic carbocycles. The highest BCUT2D eigenvalue weighted by molar-refractivity contribution is 9.09. The van der Waals surface area contributed by atoms with E-state index in [1.165, 1.54) is 25.7 Å². The lowest BCUT2D eigenvalue weighted by molar-refractivity contribution is -0.128. The van der Waals surface area contributed by atoms with Crippen LogP contribution in [0.2, 0.25) is 0 Å². The number of carbonyl (C=O) groups excluding carboxylic acids is 1. The molecule has 0 spiro atoms. The number of nitrogens with zero attached hydrogens (tertiary/aromatic N) is 1. The van der Waals surface area contributed by atoms with Crippen molar-refractivity contribution in [3.63, 3.8) is 0 Å². The van der Waals surface area contributed by atoms with Crippen LogP contribution in [0.4, 0.5) is 0 Å². The van der Waals surface area contributed by atoms with Crippen LogP contribution in [0.25, 0.3) is 0 Å². The first-order chi connectivity index (χ1) is 5.34. The van der Waals surface area contributed by atoms with Crippen molar-refractivity contribution < 1.29 is 4.79 Å². The Labute approximate surface area is 88.2 Å². The van der Waals surface area contributed by atoms with Crippen molar-refractivity contribution in [1.29, 1.82) is 0 Å². The summed E-state index contributed by atoms with van der Waals surface area (Å²) < 4.78 is 0. The molecule has 0 aromatic carbocycles. The maximum Gasteiger partial charge on any atom is 0.233 e. The van der Waals surface area contributed by atoms with E-state index in [0.717, 1.165) is 13.1 Å². The summed E-state index contributed by atoms with van der Waals surface area (Å²) in [5, 5.41) is 0.479. The molecule has 2 nitrogen and oxygen atoms in total. The molecule has 0 atom stereocenters. The van der Waals surface area contributed by atoms with Gasteiger partial charge in [-0.2, -0.15) is 0 Å². The number of rotatable bonds is 1. The van der Waals surface area contributed by atoms with Gasteiger partial charge in [0.25, 0.3) is 0 Å². The summed E-state index contributed by atoms with van der Waals surface area (Å²) >= 11 is 3.18. The van der Waals surface area contributed by atoms with Crippen molar-refractivity contribution in [2.24, 2.45) is 0 Å². The minimum atomic E-state index is 0. The molecule has 4 heteroatoms. The molecule has 1 heterocycles. The van der Waals surface area contributed by atoms with Gasteiger partial charge >= 0.3 is 0 Å². The molecule has 0 aromatic heterocycles. The molecule has 0 saturated carbocycles. The lowest BCUT2D eigenvalue weighted by Crippen LogP contribution is -2.32. The Bertz CT molecular complexity index is 135. The molecule has 0 aromatic rings. The van der Waals surface area contributed by atoms with Crippen molar-refractivity contribution in [1.82, 2.24) is 4.90 Å². The third-order valence-electron chi connectivity index (χ3n) is 2.07. The zero-order chi connectivity index (χ0) is 8.10. The van der Waals surface area contributed by atoms with E-state index in [4.69, 9.17) is 0 Å². The predicted octanol–water partition coefficient (Wildman–Crippen LogP) is 2.21. The van der Waals surface area contributed by atoms with E-state index in [-0.39, 0.29) is 18.3 Å².